The largest absolute Gasteiger partial charge is 0.198 e. The molecule has 2 rings (SSSR count). The van der Waals surface area contributed by atoms with Crippen molar-refractivity contribution in [1.82, 2.24) is 0 Å². The second-order valence-corrected chi connectivity index (χ2v) is 7.15. The van der Waals surface area contributed by atoms with Crippen LogP contribution in [0, 0.1) is 11.3 Å². The molecule has 0 bridgehead atoms. The molecule has 1 nitrogen and oxygen atoms in total. The first kappa shape index (κ1) is 19.0. The summed E-state index contributed by atoms with van der Waals surface area (Å²) < 4.78 is 1.95. The van der Waals surface area contributed by atoms with Gasteiger partial charge in [-0.1, -0.05) is 83.1 Å². The Morgan fingerprint density at radius 1 is 0.905 bits per heavy atom. The number of halogens is 5. The smallest absolute Gasteiger partial charge is 0.0670 e. The second kappa shape index (κ2) is 9.86. The van der Waals surface area contributed by atoms with Crippen LogP contribution in [0.4, 0.5) is 0 Å². The number of hydrogen-bond acceptors (Lipinski definition) is 1. The molecule has 2 aromatic carbocycles. The highest BCUT2D eigenvalue weighted by Gasteiger charge is 1.99. The Kier molecular flexibility index (Phi) is 8.92. The lowest BCUT2D eigenvalue weighted by molar-refractivity contribution is 1.26. The van der Waals surface area contributed by atoms with Gasteiger partial charge >= 0.3 is 0 Å². The van der Waals surface area contributed by atoms with Gasteiger partial charge in [0, 0.05) is 24.3 Å². The summed E-state index contributed by atoms with van der Waals surface area (Å²) in [5.74, 6) is 0. The van der Waals surface area contributed by atoms with E-state index < -0.39 is 0 Å². The van der Waals surface area contributed by atoms with E-state index >= 15 is 0 Å². The van der Waals surface area contributed by atoms with Gasteiger partial charge in [0.2, 0.25) is 0 Å². The molecule has 0 saturated carbocycles. The van der Waals surface area contributed by atoms with Crippen LogP contribution in [0.1, 0.15) is 11.1 Å². The summed E-state index contributed by atoms with van der Waals surface area (Å²) >= 11 is 21.6. The highest BCUT2D eigenvalue weighted by Crippen LogP contribution is 2.23. The average molecular weight is 515 g/mol. The molecule has 0 heterocycles. The van der Waals surface area contributed by atoms with E-state index in [4.69, 9.17) is 28.5 Å². The lowest BCUT2D eigenvalue weighted by Crippen LogP contribution is -1.82. The number of nitriles is 1. The van der Waals surface area contributed by atoms with Crippen molar-refractivity contribution in [2.45, 2.75) is 11.8 Å². The zero-order chi connectivity index (χ0) is 15.8. The molecule has 0 unspecified atom stereocenters. The second-order valence-electron chi connectivity index (χ2n) is 3.94. The predicted molar refractivity (Wildman–Crippen MR) is 100 cm³/mol. The van der Waals surface area contributed by atoms with Gasteiger partial charge in [-0.25, -0.2) is 0 Å². The Labute approximate surface area is 159 Å². The zero-order valence-corrected chi connectivity index (χ0v) is 17.0. The molecule has 0 aliphatic heterocycles. The van der Waals surface area contributed by atoms with Crippen molar-refractivity contribution in [3.63, 3.8) is 0 Å². The van der Waals surface area contributed by atoms with Crippen molar-refractivity contribution in [3.05, 3.63) is 66.5 Å². The van der Waals surface area contributed by atoms with E-state index in [0.29, 0.717) is 11.4 Å². The Bertz CT molecular complexity index is 654. The number of hydrogen-bond donors (Lipinski definition) is 0. The minimum absolute atomic E-state index is 0.367. The summed E-state index contributed by atoms with van der Waals surface area (Å²) in [6.45, 7) is 0. The molecule has 0 aliphatic rings. The van der Waals surface area contributed by atoms with Crippen LogP contribution in [0.2, 0.25) is 10.0 Å². The highest BCUT2D eigenvalue weighted by molar-refractivity contribution is 9.10. The summed E-state index contributed by atoms with van der Waals surface area (Å²) in [6, 6.07) is 13.4. The van der Waals surface area contributed by atoms with E-state index in [2.05, 4.69) is 47.8 Å². The molecule has 6 heteroatoms. The van der Waals surface area contributed by atoms with Crippen LogP contribution in [0.3, 0.4) is 0 Å². The van der Waals surface area contributed by atoms with Crippen LogP contribution in [0.25, 0.3) is 0 Å². The third-order valence-electron chi connectivity index (χ3n) is 2.44. The van der Waals surface area contributed by atoms with Crippen molar-refractivity contribution in [1.29, 1.82) is 5.26 Å². The van der Waals surface area contributed by atoms with Gasteiger partial charge in [0.05, 0.1) is 12.5 Å². The van der Waals surface area contributed by atoms with Gasteiger partial charge in [0.1, 0.15) is 0 Å². The molecule has 0 aliphatic carbocycles. The first-order valence-electron chi connectivity index (χ1n) is 5.78. The van der Waals surface area contributed by atoms with Crippen molar-refractivity contribution < 1.29 is 0 Å². The van der Waals surface area contributed by atoms with Gasteiger partial charge in [-0.3, -0.25) is 0 Å². The van der Waals surface area contributed by atoms with Gasteiger partial charge < -0.3 is 0 Å². The molecule has 0 fully saturated rings. The van der Waals surface area contributed by atoms with E-state index in [1.165, 1.54) is 0 Å². The van der Waals surface area contributed by atoms with Crippen molar-refractivity contribution >= 4 is 71.0 Å². The van der Waals surface area contributed by atoms with E-state index in [1.54, 1.807) is 6.07 Å². The molecule has 0 aromatic heterocycles. The number of benzene rings is 2. The maximum absolute atomic E-state index is 8.39. The fraction of sp³-hybridized carbons (Fsp3) is 0.133. The van der Waals surface area contributed by atoms with Gasteiger partial charge in [0.15, 0.2) is 0 Å². The Morgan fingerprint density at radius 3 is 1.76 bits per heavy atom. The highest BCUT2D eigenvalue weighted by atomic mass is 79.9. The van der Waals surface area contributed by atoms with Gasteiger partial charge in [-0.2, -0.15) is 5.26 Å². The summed E-state index contributed by atoms with van der Waals surface area (Å²) in [7, 11) is 0. The minimum Gasteiger partial charge on any atom is -0.198 e. The van der Waals surface area contributed by atoms with Gasteiger partial charge in [-0.05, 0) is 35.4 Å². The zero-order valence-electron chi connectivity index (χ0n) is 10.7. The van der Waals surface area contributed by atoms with Gasteiger partial charge in [-0.15, -0.1) is 0 Å². The monoisotopic (exact) mass is 511 g/mol. The van der Waals surface area contributed by atoms with Crippen molar-refractivity contribution in [2.75, 3.05) is 0 Å². The number of rotatable bonds is 2. The molecule has 21 heavy (non-hydrogen) atoms. The topological polar surface area (TPSA) is 23.8 Å². The maximum Gasteiger partial charge on any atom is 0.0670 e. The van der Waals surface area contributed by atoms with E-state index in [0.717, 1.165) is 30.4 Å². The van der Waals surface area contributed by atoms with Crippen LogP contribution < -0.4 is 0 Å². The van der Waals surface area contributed by atoms with Crippen LogP contribution in [-0.4, -0.2) is 0 Å². The number of alkyl halides is 1. The maximum atomic E-state index is 8.39. The fourth-order valence-electron chi connectivity index (χ4n) is 1.38. The van der Waals surface area contributed by atoms with Crippen molar-refractivity contribution in [3.8, 4) is 6.07 Å². The molecular formula is C15H10Br3Cl2N. The first-order chi connectivity index (χ1) is 9.97. The molecule has 110 valence electrons. The van der Waals surface area contributed by atoms with Crippen LogP contribution >= 0.6 is 71.0 Å². The summed E-state index contributed by atoms with van der Waals surface area (Å²) in [5.41, 5.74) is 1.99. The first-order valence-corrected chi connectivity index (χ1v) is 9.25. The SMILES string of the molecule is Clc1cc(Br)ccc1CBr.N#CCc1ccc(Br)cc1Cl. The van der Waals surface area contributed by atoms with Crippen LogP contribution in [-0.2, 0) is 11.8 Å². The quantitative estimate of drug-likeness (QED) is 0.390. The molecular weight excluding hydrogens is 505 g/mol. The number of nitrogens with zero attached hydrogens (tertiary/aromatic N) is 1. The third-order valence-corrected chi connectivity index (χ3v) is 4.74. The minimum atomic E-state index is 0.367. The Morgan fingerprint density at radius 2 is 1.38 bits per heavy atom. The molecule has 0 radical (unpaired) electrons. The lowest BCUT2D eigenvalue weighted by atomic mass is 10.2. The molecule has 2 aromatic rings. The Balaban J connectivity index is 0.000000211. The molecule has 0 spiro atoms. The molecule has 0 N–H and O–H groups in total. The third kappa shape index (κ3) is 6.71. The van der Waals surface area contributed by atoms with E-state index in [1.807, 2.05) is 36.4 Å². The standard InChI is InChI=1S/C8H5BrClN.C7H5Br2Cl/c9-7-2-1-6(3-4-11)8(10)5-7;8-4-5-1-2-6(9)3-7(5)10/h1-2,5H,3H2;1-3H,4H2. The molecule has 0 saturated heterocycles. The Hall–Kier alpha value is -0.0500. The normalized spacial score (nSPS) is 9.52. The fourth-order valence-corrected chi connectivity index (χ4v) is 3.51. The summed E-state index contributed by atoms with van der Waals surface area (Å²) in [6.07, 6.45) is 0.367. The summed E-state index contributed by atoms with van der Waals surface area (Å²) in [5, 5.41) is 10.6. The summed E-state index contributed by atoms with van der Waals surface area (Å²) in [4.78, 5) is 0. The lowest BCUT2D eigenvalue weighted by Gasteiger charge is -1.98. The molecule has 0 atom stereocenters. The van der Waals surface area contributed by atoms with Crippen LogP contribution in [0.5, 0.6) is 0 Å². The van der Waals surface area contributed by atoms with Gasteiger partial charge in [0.25, 0.3) is 0 Å². The predicted octanol–water partition coefficient (Wildman–Crippen LogP) is 7.17. The molecule has 0 amide bonds. The average Bonchev–Trinajstić information content (AvgIpc) is 2.43. The van der Waals surface area contributed by atoms with E-state index in [9.17, 15) is 0 Å². The van der Waals surface area contributed by atoms with Crippen molar-refractivity contribution in [2.24, 2.45) is 0 Å². The van der Waals surface area contributed by atoms with E-state index in [-0.39, 0.29) is 0 Å². The van der Waals surface area contributed by atoms with Crippen LogP contribution in [0.15, 0.2) is 45.3 Å².